The first kappa shape index (κ1) is 20.3. The number of nitrogens with zero attached hydrogens (tertiary/aromatic N) is 2. The number of para-hydroxylation sites is 1. The molecule has 0 radical (unpaired) electrons. The van der Waals surface area contributed by atoms with Crippen LogP contribution >= 0.6 is 23.1 Å². The van der Waals surface area contributed by atoms with Gasteiger partial charge in [0.15, 0.2) is 5.16 Å². The molecule has 30 heavy (non-hydrogen) atoms. The van der Waals surface area contributed by atoms with Gasteiger partial charge in [0, 0.05) is 0 Å². The number of thioether (sulfide) groups is 1. The average Bonchev–Trinajstić information content (AvgIpc) is 3.19. The minimum Gasteiger partial charge on any atom is -0.323 e. The molecule has 0 atom stereocenters. The highest BCUT2D eigenvalue weighted by Gasteiger charge is 2.17. The lowest BCUT2D eigenvalue weighted by Crippen LogP contribution is -2.23. The molecule has 0 aliphatic rings. The van der Waals surface area contributed by atoms with E-state index < -0.39 is 5.82 Å². The van der Waals surface area contributed by atoms with Crippen molar-refractivity contribution in [3.8, 4) is 5.69 Å². The molecule has 1 amide bonds. The van der Waals surface area contributed by atoms with Gasteiger partial charge in [-0.05, 0) is 54.6 Å². The number of aryl methyl sites for hydroxylation is 2. The second-order valence-electron chi connectivity index (χ2n) is 6.78. The highest BCUT2D eigenvalue weighted by atomic mass is 32.2. The Labute approximate surface area is 180 Å². The van der Waals surface area contributed by atoms with Crippen LogP contribution in [0, 0.1) is 19.7 Å². The van der Waals surface area contributed by atoms with Gasteiger partial charge >= 0.3 is 0 Å². The van der Waals surface area contributed by atoms with Crippen LogP contribution in [0.1, 0.15) is 11.1 Å². The normalized spacial score (nSPS) is 11.0. The minimum atomic E-state index is -0.499. The summed E-state index contributed by atoms with van der Waals surface area (Å²) in [5, 5.41) is 4.80. The second kappa shape index (κ2) is 8.41. The molecule has 0 saturated heterocycles. The van der Waals surface area contributed by atoms with Crippen LogP contribution in [-0.4, -0.2) is 21.2 Å². The SMILES string of the molecule is Cc1ccc(C)c(-n2c(SCC(=O)Nc3ccccc3F)nc3ccsc3c2=O)c1. The Bertz CT molecular complexity index is 1310. The molecule has 8 heteroatoms. The molecule has 4 rings (SSSR count). The molecule has 0 saturated carbocycles. The number of carbonyl (C=O) groups is 1. The van der Waals surface area contributed by atoms with Gasteiger partial charge in [-0.1, -0.05) is 36.0 Å². The number of anilines is 1. The lowest BCUT2D eigenvalue weighted by atomic mass is 10.1. The fourth-order valence-corrected chi connectivity index (χ4v) is 4.61. The number of fused-ring (bicyclic) bond motifs is 1. The van der Waals surface area contributed by atoms with Crippen molar-refractivity contribution < 1.29 is 9.18 Å². The molecule has 2 aromatic heterocycles. The maximum absolute atomic E-state index is 13.8. The van der Waals surface area contributed by atoms with Gasteiger partial charge in [0.1, 0.15) is 10.5 Å². The maximum atomic E-state index is 13.8. The van der Waals surface area contributed by atoms with Crippen molar-refractivity contribution in [2.75, 3.05) is 11.1 Å². The van der Waals surface area contributed by atoms with Gasteiger partial charge in [0.25, 0.3) is 5.56 Å². The first-order chi connectivity index (χ1) is 14.4. The van der Waals surface area contributed by atoms with E-state index in [0.717, 1.165) is 28.6 Å². The van der Waals surface area contributed by atoms with Crippen LogP contribution in [0.4, 0.5) is 10.1 Å². The summed E-state index contributed by atoms with van der Waals surface area (Å²) in [5.74, 6) is -0.889. The van der Waals surface area contributed by atoms with E-state index in [2.05, 4.69) is 10.3 Å². The number of rotatable bonds is 5. The molecule has 2 aromatic carbocycles. The van der Waals surface area contributed by atoms with Crippen LogP contribution in [0.25, 0.3) is 15.9 Å². The first-order valence-electron chi connectivity index (χ1n) is 9.19. The molecule has 0 fully saturated rings. The summed E-state index contributed by atoms with van der Waals surface area (Å²) in [5.41, 5.74) is 3.24. The monoisotopic (exact) mass is 439 g/mol. The van der Waals surface area contributed by atoms with Gasteiger partial charge in [-0.15, -0.1) is 11.3 Å². The first-order valence-corrected chi connectivity index (χ1v) is 11.1. The van der Waals surface area contributed by atoms with E-state index in [9.17, 15) is 14.0 Å². The van der Waals surface area contributed by atoms with E-state index in [1.807, 2.05) is 37.4 Å². The van der Waals surface area contributed by atoms with Gasteiger partial charge in [-0.3, -0.25) is 14.2 Å². The van der Waals surface area contributed by atoms with Crippen LogP contribution < -0.4 is 10.9 Å². The van der Waals surface area contributed by atoms with Crippen molar-refractivity contribution >= 4 is 44.9 Å². The Balaban J connectivity index is 1.70. The molecule has 2 heterocycles. The maximum Gasteiger partial charge on any atom is 0.276 e. The Hall–Kier alpha value is -2.97. The third-order valence-corrected chi connectivity index (χ3v) is 6.37. The quantitative estimate of drug-likeness (QED) is 0.354. The van der Waals surface area contributed by atoms with Crippen molar-refractivity contribution in [2.45, 2.75) is 19.0 Å². The third kappa shape index (κ3) is 4.01. The molecular formula is C22H18FN3O2S2. The fourth-order valence-electron chi connectivity index (χ4n) is 3.04. The lowest BCUT2D eigenvalue weighted by Gasteiger charge is -2.15. The molecule has 152 valence electrons. The number of carbonyl (C=O) groups excluding carboxylic acids is 1. The average molecular weight is 440 g/mol. The van der Waals surface area contributed by atoms with Crippen LogP contribution in [0.2, 0.25) is 0 Å². The predicted molar refractivity (Wildman–Crippen MR) is 120 cm³/mol. The predicted octanol–water partition coefficient (Wildman–Crippen LogP) is 4.93. The molecule has 1 N–H and O–H groups in total. The smallest absolute Gasteiger partial charge is 0.276 e. The largest absolute Gasteiger partial charge is 0.323 e. The number of halogens is 1. The number of aromatic nitrogens is 2. The molecule has 0 unspecified atom stereocenters. The van der Waals surface area contributed by atoms with Gasteiger partial charge in [0.05, 0.1) is 22.6 Å². The zero-order valence-corrected chi connectivity index (χ0v) is 17.9. The van der Waals surface area contributed by atoms with Gasteiger partial charge in [-0.2, -0.15) is 0 Å². The molecule has 0 aliphatic heterocycles. The zero-order valence-electron chi connectivity index (χ0n) is 16.3. The molecule has 5 nitrogen and oxygen atoms in total. The molecule has 4 aromatic rings. The minimum absolute atomic E-state index is 0.0126. The van der Waals surface area contributed by atoms with Gasteiger partial charge < -0.3 is 5.32 Å². The van der Waals surface area contributed by atoms with E-state index in [0.29, 0.717) is 15.4 Å². The zero-order chi connectivity index (χ0) is 21.3. The molecule has 0 spiro atoms. The van der Waals surface area contributed by atoms with Crippen LogP contribution in [0.5, 0.6) is 0 Å². The molecular weight excluding hydrogens is 421 g/mol. The van der Waals surface area contributed by atoms with Crippen molar-refractivity contribution in [3.05, 3.63) is 81.2 Å². The molecule has 0 bridgehead atoms. The Kier molecular flexibility index (Phi) is 5.69. The lowest BCUT2D eigenvalue weighted by molar-refractivity contribution is -0.113. The van der Waals surface area contributed by atoms with E-state index in [1.165, 1.54) is 23.5 Å². The highest BCUT2D eigenvalue weighted by molar-refractivity contribution is 7.99. The van der Waals surface area contributed by atoms with Crippen LogP contribution in [-0.2, 0) is 4.79 Å². The Morgan fingerprint density at radius 3 is 2.80 bits per heavy atom. The number of nitrogens with one attached hydrogen (secondary N) is 1. The van der Waals surface area contributed by atoms with Crippen molar-refractivity contribution in [2.24, 2.45) is 0 Å². The van der Waals surface area contributed by atoms with Crippen LogP contribution in [0.3, 0.4) is 0 Å². The van der Waals surface area contributed by atoms with Gasteiger partial charge in [-0.25, -0.2) is 9.37 Å². The summed E-state index contributed by atoms with van der Waals surface area (Å²) in [6, 6.07) is 13.6. The summed E-state index contributed by atoms with van der Waals surface area (Å²) in [6.07, 6.45) is 0. The number of benzene rings is 2. The summed E-state index contributed by atoms with van der Waals surface area (Å²) >= 11 is 2.49. The third-order valence-electron chi connectivity index (χ3n) is 4.54. The number of hydrogen-bond acceptors (Lipinski definition) is 5. The number of hydrogen-bond donors (Lipinski definition) is 1. The summed E-state index contributed by atoms with van der Waals surface area (Å²) in [7, 11) is 0. The fraction of sp³-hybridized carbons (Fsp3) is 0.136. The van der Waals surface area contributed by atoms with Crippen LogP contribution in [0.15, 0.2) is 63.9 Å². The van der Waals surface area contributed by atoms with Crippen molar-refractivity contribution in [3.63, 3.8) is 0 Å². The Morgan fingerprint density at radius 1 is 1.20 bits per heavy atom. The highest BCUT2D eigenvalue weighted by Crippen LogP contribution is 2.26. The summed E-state index contributed by atoms with van der Waals surface area (Å²) in [6.45, 7) is 3.89. The van der Waals surface area contributed by atoms with Gasteiger partial charge in [0.2, 0.25) is 5.91 Å². The van der Waals surface area contributed by atoms with E-state index in [-0.39, 0.29) is 22.9 Å². The van der Waals surface area contributed by atoms with E-state index in [1.54, 1.807) is 22.8 Å². The number of amides is 1. The second-order valence-corrected chi connectivity index (χ2v) is 8.64. The van der Waals surface area contributed by atoms with E-state index >= 15 is 0 Å². The number of thiophene rings is 1. The molecule has 0 aliphatic carbocycles. The Morgan fingerprint density at radius 2 is 2.00 bits per heavy atom. The summed E-state index contributed by atoms with van der Waals surface area (Å²) < 4.78 is 15.9. The summed E-state index contributed by atoms with van der Waals surface area (Å²) in [4.78, 5) is 30.2. The van der Waals surface area contributed by atoms with Crippen molar-refractivity contribution in [1.82, 2.24) is 9.55 Å². The topological polar surface area (TPSA) is 64.0 Å². The van der Waals surface area contributed by atoms with Crippen molar-refractivity contribution in [1.29, 1.82) is 0 Å². The van der Waals surface area contributed by atoms with E-state index in [4.69, 9.17) is 0 Å². The standard InChI is InChI=1S/C22H18FN3O2S2/c1-13-7-8-14(2)18(11-13)26-21(28)20-17(9-10-29-20)25-22(26)30-12-19(27)24-16-6-4-3-5-15(16)23/h3-11H,12H2,1-2H3,(H,24,27).